The largest absolute Gasteiger partial charge is 0.462 e. The maximum Gasteiger partial charge on any atom is 0.308 e. The SMILES string of the molecule is CO[C@@H]1CC=Cc2nc(co2)-c2nc(co2)-c2nc(co2)[C@@H](C)CC(=O)CCC[C@@H](O)CC(=O)O[C@H](C[C@@H](OC)[C@H](C)CCC(=O)[C@H](C)[C@@H](OC(C)=O)[C@H](C)/C=C/N(C)CO)[C@H]1C. The van der Waals surface area contributed by atoms with E-state index in [-0.39, 0.29) is 92.3 Å². The molecule has 4 rings (SSSR count). The number of Topliss-reactive ketones (excluding diaryl/α,β-unsaturated/α-hetero) is 2. The van der Waals surface area contributed by atoms with Crippen LogP contribution >= 0.6 is 0 Å². The lowest BCUT2D eigenvalue weighted by Gasteiger charge is -2.34. The maximum atomic E-state index is 13.6. The molecule has 0 radical (unpaired) electrons. The number of nitrogens with zero attached hydrogens (tertiary/aromatic N) is 4. The van der Waals surface area contributed by atoms with E-state index in [1.807, 2.05) is 33.8 Å². The molecule has 3 aromatic rings. The molecule has 0 aliphatic carbocycles. The molecule has 17 nitrogen and oxygen atoms in total. The van der Waals surface area contributed by atoms with Crippen LogP contribution in [0.4, 0.5) is 0 Å². The van der Waals surface area contributed by atoms with Gasteiger partial charge in [-0.1, -0.05) is 46.8 Å². The van der Waals surface area contributed by atoms with Gasteiger partial charge in [0.25, 0.3) is 0 Å². The van der Waals surface area contributed by atoms with Gasteiger partial charge >= 0.3 is 11.9 Å². The van der Waals surface area contributed by atoms with Gasteiger partial charge in [0.05, 0.1) is 36.3 Å². The number of carbonyl (C=O) groups is 4. The number of ketones is 2. The molecule has 2 N–H and O–H groups in total. The van der Waals surface area contributed by atoms with E-state index in [1.54, 1.807) is 51.4 Å². The fourth-order valence-corrected chi connectivity index (χ4v) is 7.67. The number of cyclic esters (lactones) is 1. The zero-order valence-electron chi connectivity index (χ0n) is 38.1. The molecule has 1 aliphatic heterocycles. The normalized spacial score (nSPS) is 23.2. The predicted octanol–water partition coefficient (Wildman–Crippen LogP) is 6.94. The molecule has 0 spiro atoms. The van der Waals surface area contributed by atoms with Gasteiger partial charge in [0.15, 0.2) is 11.4 Å². The molecule has 0 fully saturated rings. The maximum absolute atomic E-state index is 13.6. The Bertz CT molecular complexity index is 1970. The molecule has 0 unspecified atom stereocenters. The number of ether oxygens (including phenoxy) is 4. The molecule has 0 amide bonds. The molecule has 17 heteroatoms. The van der Waals surface area contributed by atoms with Crippen LogP contribution in [0.5, 0.6) is 0 Å². The Morgan fingerprint density at radius 3 is 2.40 bits per heavy atom. The highest BCUT2D eigenvalue weighted by Crippen LogP contribution is 2.31. The van der Waals surface area contributed by atoms with Crippen LogP contribution in [0.3, 0.4) is 0 Å². The van der Waals surface area contributed by atoms with Gasteiger partial charge in [0.2, 0.25) is 17.7 Å². The number of carbonyl (C=O) groups excluding carboxylic acids is 4. The first-order chi connectivity index (χ1) is 30.0. The Labute approximate surface area is 369 Å². The van der Waals surface area contributed by atoms with Crippen LogP contribution < -0.4 is 0 Å². The van der Waals surface area contributed by atoms with E-state index in [0.717, 1.165) is 0 Å². The molecule has 1 aliphatic rings. The van der Waals surface area contributed by atoms with E-state index in [2.05, 4.69) is 15.0 Å². The molecular formula is C46H66N4O13. The van der Waals surface area contributed by atoms with Crippen molar-refractivity contribution < 1.29 is 61.6 Å². The first kappa shape index (κ1) is 50.7. The van der Waals surface area contributed by atoms with Crippen LogP contribution in [0.2, 0.25) is 0 Å². The van der Waals surface area contributed by atoms with Gasteiger partial charge in [0, 0.05) is 71.6 Å². The van der Waals surface area contributed by atoms with Crippen LogP contribution in [-0.2, 0) is 38.1 Å². The van der Waals surface area contributed by atoms with Crippen molar-refractivity contribution in [1.82, 2.24) is 19.9 Å². The zero-order chi connectivity index (χ0) is 46.2. The van der Waals surface area contributed by atoms with Gasteiger partial charge in [-0.15, -0.1) is 0 Å². The highest BCUT2D eigenvalue weighted by molar-refractivity contribution is 5.82. The van der Waals surface area contributed by atoms with Crippen molar-refractivity contribution in [1.29, 1.82) is 0 Å². The minimum Gasteiger partial charge on any atom is -0.462 e. The van der Waals surface area contributed by atoms with E-state index in [1.165, 1.54) is 25.7 Å². The molecular weight excluding hydrogens is 817 g/mol. The first-order valence-corrected chi connectivity index (χ1v) is 21.7. The third kappa shape index (κ3) is 15.4. The van der Waals surface area contributed by atoms with Crippen molar-refractivity contribution in [3.8, 4) is 23.2 Å². The topological polar surface area (TPSA) is 227 Å². The molecule has 348 valence electrons. The predicted molar refractivity (Wildman–Crippen MR) is 230 cm³/mol. The summed E-state index contributed by atoms with van der Waals surface area (Å²) in [6, 6.07) is 0. The summed E-state index contributed by atoms with van der Waals surface area (Å²) < 4.78 is 40.6. The number of hydrogen-bond acceptors (Lipinski definition) is 17. The average Bonchev–Trinajstić information content (AvgIpc) is 4.05. The Kier molecular flexibility index (Phi) is 19.9. The standard InChI is InChI=1S/C46H66N4O13/c1-27(16-17-38(55)30(4)44(62-32(6)52)28(2)18-19-50(7)26-51)40(58-9)22-41-31(5)39(57-8)14-11-15-42-47-36(24-59-42)45-49-37(25-61-45)46-48-35(23-60-46)29(3)20-33(53)12-10-13-34(54)21-43(56)63-41/h11,15,18-19,23-25,27-31,34,39-41,44,51,54H,10,12-14,16-17,20-22,26H2,1-9H3/b15-11?,19-18+/t27-,28-,29+,30+,31+,34-,39-,40-,41-,44+/m1/s1. The Morgan fingerprint density at radius 2 is 1.70 bits per heavy atom. The summed E-state index contributed by atoms with van der Waals surface area (Å²) >= 11 is 0. The quantitative estimate of drug-likeness (QED) is 0.116. The van der Waals surface area contributed by atoms with Crippen molar-refractivity contribution in [3.05, 3.63) is 48.7 Å². The second kappa shape index (κ2) is 24.8. The molecule has 0 aromatic carbocycles. The lowest BCUT2D eigenvalue weighted by atomic mass is 9.84. The summed E-state index contributed by atoms with van der Waals surface area (Å²) in [6.45, 7) is 10.5. The molecule has 4 heterocycles. The fraction of sp³-hybridized carbons (Fsp3) is 0.630. The lowest BCUT2D eigenvalue weighted by molar-refractivity contribution is -0.160. The summed E-state index contributed by atoms with van der Waals surface area (Å²) in [5.41, 5.74) is 1.30. The number of hydrogen-bond donors (Lipinski definition) is 2. The van der Waals surface area contributed by atoms with Crippen LogP contribution in [-0.4, -0.2) is 112 Å². The number of aliphatic hydroxyl groups excluding tert-OH is 2. The van der Waals surface area contributed by atoms with Crippen molar-refractivity contribution in [2.45, 2.75) is 136 Å². The second-order valence-corrected chi connectivity index (χ2v) is 16.8. The second-order valence-electron chi connectivity index (χ2n) is 16.8. The van der Waals surface area contributed by atoms with E-state index in [9.17, 15) is 29.4 Å². The van der Waals surface area contributed by atoms with E-state index >= 15 is 0 Å². The Morgan fingerprint density at radius 1 is 1.00 bits per heavy atom. The van der Waals surface area contributed by atoms with Gasteiger partial charge in [-0.3, -0.25) is 19.2 Å². The summed E-state index contributed by atoms with van der Waals surface area (Å²) in [6.07, 6.45) is 10.1. The highest BCUT2D eigenvalue weighted by Gasteiger charge is 2.35. The van der Waals surface area contributed by atoms with Gasteiger partial charge in [-0.05, 0) is 43.9 Å². The van der Waals surface area contributed by atoms with Crippen LogP contribution in [0, 0.1) is 23.7 Å². The molecule has 6 bridgehead atoms. The van der Waals surface area contributed by atoms with Crippen LogP contribution in [0.25, 0.3) is 29.2 Å². The van der Waals surface area contributed by atoms with Crippen molar-refractivity contribution in [3.63, 3.8) is 0 Å². The summed E-state index contributed by atoms with van der Waals surface area (Å²) in [5, 5.41) is 20.2. The van der Waals surface area contributed by atoms with Crippen molar-refractivity contribution in [2.75, 3.05) is 28.0 Å². The molecule has 3 aromatic heterocycles. The van der Waals surface area contributed by atoms with E-state index < -0.39 is 48.4 Å². The molecule has 0 saturated carbocycles. The highest BCUT2D eigenvalue weighted by atomic mass is 16.6. The third-order valence-electron chi connectivity index (χ3n) is 11.7. The van der Waals surface area contributed by atoms with Gasteiger partial charge in [-0.2, -0.15) is 0 Å². The summed E-state index contributed by atoms with van der Waals surface area (Å²) in [5.74, 6) is -2.13. The average molecular weight is 883 g/mol. The Balaban J connectivity index is 1.51. The van der Waals surface area contributed by atoms with Gasteiger partial charge in [0.1, 0.15) is 49.3 Å². The number of rotatable bonds is 15. The summed E-state index contributed by atoms with van der Waals surface area (Å²) in [4.78, 5) is 67.1. The number of aliphatic hydroxyl groups is 2. The third-order valence-corrected chi connectivity index (χ3v) is 11.7. The first-order valence-electron chi connectivity index (χ1n) is 21.7. The molecule has 10 atom stereocenters. The minimum absolute atomic E-state index is 0.0138. The number of oxazole rings is 3. The van der Waals surface area contributed by atoms with Crippen LogP contribution in [0.1, 0.15) is 117 Å². The molecule has 63 heavy (non-hydrogen) atoms. The van der Waals surface area contributed by atoms with E-state index in [4.69, 9.17) is 32.2 Å². The van der Waals surface area contributed by atoms with Crippen molar-refractivity contribution >= 4 is 29.6 Å². The van der Waals surface area contributed by atoms with Crippen LogP contribution in [0.15, 0.2) is 50.4 Å². The lowest BCUT2D eigenvalue weighted by Crippen LogP contribution is -2.39. The number of aromatic nitrogens is 3. The zero-order valence-corrected chi connectivity index (χ0v) is 38.1. The monoisotopic (exact) mass is 882 g/mol. The number of methoxy groups -OCH3 is 2. The summed E-state index contributed by atoms with van der Waals surface area (Å²) in [7, 11) is 4.85. The van der Waals surface area contributed by atoms with E-state index in [0.29, 0.717) is 42.2 Å². The molecule has 0 saturated heterocycles. The Hall–Kier alpha value is -4.97. The van der Waals surface area contributed by atoms with Gasteiger partial charge in [-0.25, -0.2) is 15.0 Å². The number of fused-ring (bicyclic) bond motifs is 8. The van der Waals surface area contributed by atoms with Gasteiger partial charge < -0.3 is 47.3 Å². The smallest absolute Gasteiger partial charge is 0.308 e. The minimum atomic E-state index is -1.03. The fourth-order valence-electron chi connectivity index (χ4n) is 7.67. The van der Waals surface area contributed by atoms with Crippen molar-refractivity contribution in [2.24, 2.45) is 23.7 Å². The number of esters is 2.